The maximum atomic E-state index is 12.4. The zero-order valence-corrected chi connectivity index (χ0v) is 11.1. The third kappa shape index (κ3) is 3.13. The van der Waals surface area contributed by atoms with Crippen LogP contribution in [-0.4, -0.2) is 22.5 Å². The van der Waals surface area contributed by atoms with E-state index in [1.807, 2.05) is 0 Å². The molecule has 8 heteroatoms. The summed E-state index contributed by atoms with van der Waals surface area (Å²) in [4.78, 5) is 18.8. The Hall–Kier alpha value is -1.96. The van der Waals surface area contributed by atoms with Gasteiger partial charge in [0.15, 0.2) is 5.69 Å². The highest BCUT2D eigenvalue weighted by Gasteiger charge is 2.32. The molecule has 0 spiro atoms. The maximum Gasteiger partial charge on any atom is 0.433 e. The summed E-state index contributed by atoms with van der Waals surface area (Å²) in [6, 6.07) is 2.14. The number of esters is 1. The van der Waals surface area contributed by atoms with Crippen molar-refractivity contribution in [2.24, 2.45) is 0 Å². The molecule has 2 aromatic heterocycles. The molecule has 0 unspecified atom stereocenters. The number of thiazole rings is 1. The van der Waals surface area contributed by atoms with Gasteiger partial charge in [-0.05, 0) is 19.1 Å². The van der Waals surface area contributed by atoms with Crippen molar-refractivity contribution in [3.8, 4) is 10.6 Å². The van der Waals surface area contributed by atoms with Crippen molar-refractivity contribution in [2.45, 2.75) is 13.1 Å². The predicted octanol–water partition coefficient (Wildman–Crippen LogP) is 3.40. The second kappa shape index (κ2) is 5.58. The number of nitrogens with zero attached hydrogens (tertiary/aromatic N) is 2. The average Bonchev–Trinajstić information content (AvgIpc) is 2.88. The lowest BCUT2D eigenvalue weighted by molar-refractivity contribution is -0.141. The number of halogens is 3. The third-order valence-corrected chi connectivity index (χ3v) is 3.18. The Labute approximate surface area is 116 Å². The molecule has 0 aliphatic rings. The second-order valence-electron chi connectivity index (χ2n) is 3.69. The van der Waals surface area contributed by atoms with Crippen LogP contribution in [0.1, 0.15) is 23.1 Å². The smallest absolute Gasteiger partial charge is 0.433 e. The number of carbonyl (C=O) groups is 1. The van der Waals surface area contributed by atoms with E-state index in [9.17, 15) is 18.0 Å². The lowest BCUT2D eigenvalue weighted by Crippen LogP contribution is -2.07. The van der Waals surface area contributed by atoms with E-state index < -0.39 is 17.8 Å². The Morgan fingerprint density at radius 3 is 2.70 bits per heavy atom. The summed E-state index contributed by atoms with van der Waals surface area (Å²) < 4.78 is 41.9. The highest BCUT2D eigenvalue weighted by atomic mass is 32.1. The van der Waals surface area contributed by atoms with Gasteiger partial charge in [0.05, 0.1) is 6.61 Å². The molecule has 2 rings (SSSR count). The van der Waals surface area contributed by atoms with Crippen LogP contribution in [0.2, 0.25) is 0 Å². The van der Waals surface area contributed by atoms with Gasteiger partial charge in [-0.15, -0.1) is 11.3 Å². The van der Waals surface area contributed by atoms with E-state index >= 15 is 0 Å². The van der Waals surface area contributed by atoms with Gasteiger partial charge in [-0.25, -0.2) is 9.78 Å². The van der Waals surface area contributed by atoms with Gasteiger partial charge < -0.3 is 4.74 Å². The van der Waals surface area contributed by atoms with E-state index in [4.69, 9.17) is 4.74 Å². The van der Waals surface area contributed by atoms with E-state index in [2.05, 4.69) is 9.97 Å². The quantitative estimate of drug-likeness (QED) is 0.815. The molecule has 0 fully saturated rings. The molecule has 0 aliphatic carbocycles. The minimum atomic E-state index is -4.47. The molecule has 4 nitrogen and oxygen atoms in total. The van der Waals surface area contributed by atoms with E-state index in [1.54, 1.807) is 6.92 Å². The lowest BCUT2D eigenvalue weighted by Gasteiger charge is -2.05. The van der Waals surface area contributed by atoms with Crippen LogP contribution in [0.5, 0.6) is 0 Å². The number of rotatable bonds is 3. The van der Waals surface area contributed by atoms with Crippen molar-refractivity contribution in [2.75, 3.05) is 6.61 Å². The van der Waals surface area contributed by atoms with E-state index in [0.29, 0.717) is 10.6 Å². The Morgan fingerprint density at radius 1 is 1.40 bits per heavy atom. The SMILES string of the molecule is CCOC(=O)c1csc(-c2ccc(C(F)(F)F)nc2)n1. The molecule has 0 atom stereocenters. The number of hydrogen-bond acceptors (Lipinski definition) is 5. The highest BCUT2D eigenvalue weighted by molar-refractivity contribution is 7.13. The van der Waals surface area contributed by atoms with E-state index in [0.717, 1.165) is 23.6 Å². The van der Waals surface area contributed by atoms with Crippen LogP contribution in [-0.2, 0) is 10.9 Å². The second-order valence-corrected chi connectivity index (χ2v) is 4.55. The molecule has 0 bridgehead atoms. The Morgan fingerprint density at radius 2 is 2.15 bits per heavy atom. The topological polar surface area (TPSA) is 52.1 Å². The molecular weight excluding hydrogens is 293 g/mol. The largest absolute Gasteiger partial charge is 0.461 e. The van der Waals surface area contributed by atoms with Crippen molar-refractivity contribution < 1.29 is 22.7 Å². The maximum absolute atomic E-state index is 12.4. The zero-order chi connectivity index (χ0) is 14.8. The number of carbonyl (C=O) groups excluding carboxylic acids is 1. The molecule has 0 saturated carbocycles. The zero-order valence-electron chi connectivity index (χ0n) is 10.3. The number of aromatic nitrogens is 2. The summed E-state index contributed by atoms with van der Waals surface area (Å²) in [7, 11) is 0. The van der Waals surface area contributed by atoms with E-state index in [1.165, 1.54) is 11.4 Å². The molecule has 0 N–H and O–H groups in total. The minimum Gasteiger partial charge on any atom is -0.461 e. The van der Waals surface area contributed by atoms with Gasteiger partial charge in [0, 0.05) is 17.1 Å². The van der Waals surface area contributed by atoms with Gasteiger partial charge in [-0.2, -0.15) is 13.2 Å². The third-order valence-electron chi connectivity index (χ3n) is 2.29. The monoisotopic (exact) mass is 302 g/mol. The molecule has 106 valence electrons. The standard InChI is InChI=1S/C12H9F3N2O2S/c1-2-19-11(18)8-6-20-10(17-8)7-3-4-9(16-5-7)12(13,14)15/h3-6H,2H2,1H3. The first-order chi connectivity index (χ1) is 9.41. The summed E-state index contributed by atoms with van der Waals surface area (Å²) in [5.74, 6) is -0.560. The minimum absolute atomic E-state index is 0.131. The van der Waals surface area contributed by atoms with Crippen molar-refractivity contribution >= 4 is 17.3 Å². The first-order valence-electron chi connectivity index (χ1n) is 5.58. The van der Waals surface area contributed by atoms with Crippen LogP contribution >= 0.6 is 11.3 Å². The van der Waals surface area contributed by atoms with Gasteiger partial charge in [-0.3, -0.25) is 4.98 Å². The van der Waals surface area contributed by atoms with Crippen LogP contribution in [0.4, 0.5) is 13.2 Å². The van der Waals surface area contributed by atoms with E-state index in [-0.39, 0.29) is 12.3 Å². The summed E-state index contributed by atoms with van der Waals surface area (Å²) in [6.45, 7) is 1.90. The molecule has 0 radical (unpaired) electrons. The molecule has 0 amide bonds. The van der Waals surface area contributed by atoms with Crippen molar-refractivity contribution in [3.63, 3.8) is 0 Å². The summed E-state index contributed by atoms with van der Waals surface area (Å²) in [5, 5.41) is 1.90. The molecular formula is C12H9F3N2O2S. The fraction of sp³-hybridized carbons (Fsp3) is 0.250. The van der Waals surface area contributed by atoms with Gasteiger partial charge >= 0.3 is 12.1 Å². The molecule has 20 heavy (non-hydrogen) atoms. The molecule has 0 saturated heterocycles. The van der Waals surface area contributed by atoms with Gasteiger partial charge in [0.25, 0.3) is 0 Å². The Bertz CT molecular complexity index is 608. The molecule has 0 aromatic carbocycles. The normalized spacial score (nSPS) is 11.4. The number of pyridine rings is 1. The van der Waals surface area contributed by atoms with Crippen LogP contribution in [0, 0.1) is 0 Å². The van der Waals surface area contributed by atoms with Crippen molar-refractivity contribution in [1.82, 2.24) is 9.97 Å². The van der Waals surface area contributed by atoms with Crippen LogP contribution in [0.3, 0.4) is 0 Å². The Balaban J connectivity index is 2.22. The highest BCUT2D eigenvalue weighted by Crippen LogP contribution is 2.29. The van der Waals surface area contributed by atoms with Crippen LogP contribution in [0.15, 0.2) is 23.7 Å². The van der Waals surface area contributed by atoms with Gasteiger partial charge in [0.1, 0.15) is 10.7 Å². The van der Waals surface area contributed by atoms with Crippen molar-refractivity contribution in [1.29, 1.82) is 0 Å². The molecule has 2 heterocycles. The summed E-state index contributed by atoms with van der Waals surface area (Å²) in [6.07, 6.45) is -3.39. The first-order valence-corrected chi connectivity index (χ1v) is 6.46. The first kappa shape index (κ1) is 14.4. The fourth-order valence-corrected chi connectivity index (χ4v) is 2.17. The van der Waals surface area contributed by atoms with Gasteiger partial charge in [0.2, 0.25) is 0 Å². The summed E-state index contributed by atoms with van der Waals surface area (Å²) >= 11 is 1.14. The molecule has 2 aromatic rings. The number of ether oxygens (including phenoxy) is 1. The predicted molar refractivity (Wildman–Crippen MR) is 66.3 cm³/mol. The fourth-order valence-electron chi connectivity index (χ4n) is 1.39. The average molecular weight is 302 g/mol. The van der Waals surface area contributed by atoms with Crippen LogP contribution < -0.4 is 0 Å². The molecule has 0 aliphatic heterocycles. The van der Waals surface area contributed by atoms with Crippen molar-refractivity contribution in [3.05, 3.63) is 35.1 Å². The summed E-state index contributed by atoms with van der Waals surface area (Å²) in [5.41, 5.74) is -0.422. The lowest BCUT2D eigenvalue weighted by atomic mass is 10.2. The van der Waals surface area contributed by atoms with Crippen LogP contribution in [0.25, 0.3) is 10.6 Å². The number of alkyl halides is 3. The van der Waals surface area contributed by atoms with Gasteiger partial charge in [-0.1, -0.05) is 0 Å². The number of hydrogen-bond donors (Lipinski definition) is 0. The Kier molecular flexibility index (Phi) is 4.03.